The Morgan fingerprint density at radius 2 is 1.94 bits per heavy atom. The van der Waals surface area contributed by atoms with Gasteiger partial charge < -0.3 is 4.57 Å². The lowest BCUT2D eigenvalue weighted by molar-refractivity contribution is -0.114. The summed E-state index contributed by atoms with van der Waals surface area (Å²) in [5.74, 6) is 0.171. The van der Waals surface area contributed by atoms with Crippen LogP contribution in [0.2, 0.25) is 0 Å². The molecule has 3 aliphatic rings. The minimum Gasteiger partial charge on any atom is -0.318 e. The van der Waals surface area contributed by atoms with E-state index in [2.05, 4.69) is 60.7 Å². The van der Waals surface area contributed by atoms with Gasteiger partial charge in [0, 0.05) is 23.0 Å². The summed E-state index contributed by atoms with van der Waals surface area (Å²) >= 11 is 1.46. The molecule has 5 rings (SSSR count). The zero-order valence-electron chi connectivity index (χ0n) is 19.4. The van der Waals surface area contributed by atoms with Crippen LogP contribution in [-0.2, 0) is 11.2 Å². The third kappa shape index (κ3) is 3.88. The number of aliphatic imine (C=N–C) groups is 1. The molecule has 0 radical (unpaired) electrons. The highest BCUT2D eigenvalue weighted by atomic mass is 32.2. The van der Waals surface area contributed by atoms with Crippen LogP contribution in [0.3, 0.4) is 0 Å². The lowest BCUT2D eigenvalue weighted by atomic mass is 9.90. The molecular formula is C26H29N5OS. The minimum atomic E-state index is -0.363. The molecular weight excluding hydrogens is 430 g/mol. The molecule has 2 aromatic rings. The van der Waals surface area contributed by atoms with E-state index < -0.39 is 0 Å². The number of thioether (sulfide) groups is 1. The van der Waals surface area contributed by atoms with Gasteiger partial charge in [-0.2, -0.15) is 15.1 Å². The number of hydrogen-bond donors (Lipinski definition) is 1. The van der Waals surface area contributed by atoms with Crippen molar-refractivity contribution in [3.05, 3.63) is 58.4 Å². The number of carbonyl (C=O) groups excluding carboxylic acids is 1. The standard InChI is InChI=1S/C26H29N5OS/c1-4-18-10-8-9-13-22(18)30-16(2)14-20(17(30)3)15-21-23(27)31-26(28-24(21)32)33-25(29-31)19-11-6-5-7-12-19/h8-10,13-15,19,27H,4-7,11-12H2,1-3H3. The molecule has 33 heavy (non-hydrogen) atoms. The molecule has 1 amide bonds. The molecule has 0 atom stereocenters. The maximum atomic E-state index is 12.9. The van der Waals surface area contributed by atoms with Crippen molar-refractivity contribution in [1.82, 2.24) is 9.58 Å². The topological polar surface area (TPSA) is 73.8 Å². The molecule has 1 N–H and O–H groups in total. The van der Waals surface area contributed by atoms with Gasteiger partial charge >= 0.3 is 0 Å². The number of nitrogens with one attached hydrogen (secondary N) is 1. The van der Waals surface area contributed by atoms with Crippen molar-refractivity contribution in [2.24, 2.45) is 16.0 Å². The van der Waals surface area contributed by atoms with Crippen molar-refractivity contribution in [3.8, 4) is 5.69 Å². The van der Waals surface area contributed by atoms with Crippen molar-refractivity contribution in [2.45, 2.75) is 59.3 Å². The van der Waals surface area contributed by atoms with Crippen molar-refractivity contribution >= 4 is 39.8 Å². The zero-order valence-corrected chi connectivity index (χ0v) is 20.2. The Labute approximate surface area is 199 Å². The van der Waals surface area contributed by atoms with Crippen LogP contribution < -0.4 is 0 Å². The summed E-state index contributed by atoms with van der Waals surface area (Å²) < 4.78 is 2.22. The lowest BCUT2D eigenvalue weighted by Crippen LogP contribution is -2.35. The van der Waals surface area contributed by atoms with Crippen LogP contribution in [0, 0.1) is 25.2 Å². The summed E-state index contributed by atoms with van der Waals surface area (Å²) in [5.41, 5.74) is 5.77. The number of para-hydroxylation sites is 1. The number of nitrogens with zero attached hydrogens (tertiary/aromatic N) is 4. The Bertz CT molecular complexity index is 1230. The number of rotatable bonds is 4. The van der Waals surface area contributed by atoms with Crippen molar-refractivity contribution in [1.29, 1.82) is 5.41 Å². The second-order valence-corrected chi connectivity index (χ2v) is 9.92. The van der Waals surface area contributed by atoms with E-state index in [9.17, 15) is 4.79 Å². The van der Waals surface area contributed by atoms with E-state index in [1.807, 2.05) is 0 Å². The van der Waals surface area contributed by atoms with Crippen molar-refractivity contribution in [3.63, 3.8) is 0 Å². The first-order valence-corrected chi connectivity index (χ1v) is 12.6. The van der Waals surface area contributed by atoms with E-state index in [1.165, 1.54) is 36.6 Å². The van der Waals surface area contributed by atoms with Gasteiger partial charge in [-0.25, -0.2) is 0 Å². The Hall–Kier alpha value is -2.93. The minimum absolute atomic E-state index is 0.113. The molecule has 1 saturated carbocycles. The Kier molecular flexibility index (Phi) is 5.83. The molecule has 0 spiro atoms. The highest BCUT2D eigenvalue weighted by molar-refractivity contribution is 8.27. The molecule has 1 fully saturated rings. The summed E-state index contributed by atoms with van der Waals surface area (Å²) in [6, 6.07) is 10.5. The summed E-state index contributed by atoms with van der Waals surface area (Å²) in [4.78, 5) is 17.2. The second kappa shape index (κ2) is 8.78. The molecule has 2 aliphatic heterocycles. The first kappa shape index (κ1) is 21.9. The number of fused-ring (bicyclic) bond motifs is 1. The fourth-order valence-corrected chi connectivity index (χ4v) is 6.07. The Morgan fingerprint density at radius 1 is 1.18 bits per heavy atom. The molecule has 7 heteroatoms. The molecule has 1 aromatic heterocycles. The van der Waals surface area contributed by atoms with Crippen LogP contribution >= 0.6 is 11.8 Å². The normalized spacial score (nSPS) is 20.3. The fraction of sp³-hybridized carbons (Fsp3) is 0.385. The molecule has 170 valence electrons. The van der Waals surface area contributed by atoms with Gasteiger partial charge in [0.15, 0.2) is 5.84 Å². The molecule has 1 aliphatic carbocycles. The number of carbonyl (C=O) groups is 1. The largest absolute Gasteiger partial charge is 0.318 e. The Morgan fingerprint density at radius 3 is 2.70 bits per heavy atom. The highest BCUT2D eigenvalue weighted by Gasteiger charge is 2.38. The molecule has 0 unspecified atom stereocenters. The number of aryl methyl sites for hydroxylation is 2. The third-order valence-electron chi connectivity index (χ3n) is 6.81. The molecule has 0 saturated heterocycles. The average Bonchev–Trinajstić information content (AvgIpc) is 3.37. The van der Waals surface area contributed by atoms with E-state index >= 15 is 0 Å². The van der Waals surface area contributed by atoms with E-state index in [0.717, 1.165) is 46.9 Å². The van der Waals surface area contributed by atoms with Crippen LogP contribution in [0.4, 0.5) is 0 Å². The first-order valence-electron chi connectivity index (χ1n) is 11.7. The number of aromatic nitrogens is 1. The quantitative estimate of drug-likeness (QED) is 0.582. The zero-order chi connectivity index (χ0) is 23.1. The maximum Gasteiger partial charge on any atom is 0.283 e. The van der Waals surface area contributed by atoms with Crippen LogP contribution in [0.5, 0.6) is 0 Å². The van der Waals surface area contributed by atoms with Gasteiger partial charge in [0.2, 0.25) is 5.17 Å². The van der Waals surface area contributed by atoms with E-state index in [0.29, 0.717) is 11.1 Å². The first-order chi connectivity index (χ1) is 16.0. The average molecular weight is 460 g/mol. The third-order valence-corrected chi connectivity index (χ3v) is 7.88. The maximum absolute atomic E-state index is 12.9. The fourth-order valence-electron chi connectivity index (χ4n) is 5.01. The van der Waals surface area contributed by atoms with Crippen LogP contribution in [-0.4, -0.2) is 31.5 Å². The number of hydrazone groups is 1. The van der Waals surface area contributed by atoms with Gasteiger partial charge in [0.25, 0.3) is 5.91 Å². The van der Waals surface area contributed by atoms with Gasteiger partial charge in [-0.05, 0) is 74.2 Å². The highest BCUT2D eigenvalue weighted by Crippen LogP contribution is 2.36. The predicted molar refractivity (Wildman–Crippen MR) is 136 cm³/mol. The van der Waals surface area contributed by atoms with Crippen molar-refractivity contribution < 1.29 is 4.79 Å². The second-order valence-electron chi connectivity index (χ2n) is 8.94. The van der Waals surface area contributed by atoms with E-state index in [4.69, 9.17) is 10.5 Å². The van der Waals surface area contributed by atoms with Gasteiger partial charge in [0.1, 0.15) is 5.04 Å². The van der Waals surface area contributed by atoms with E-state index in [1.54, 1.807) is 11.1 Å². The number of hydrogen-bond acceptors (Lipinski definition) is 4. The predicted octanol–water partition coefficient (Wildman–Crippen LogP) is 5.86. The summed E-state index contributed by atoms with van der Waals surface area (Å²) in [6.45, 7) is 6.29. The van der Waals surface area contributed by atoms with Crippen molar-refractivity contribution in [2.75, 3.05) is 0 Å². The van der Waals surface area contributed by atoms with Crippen LogP contribution in [0.15, 0.2) is 46.0 Å². The van der Waals surface area contributed by atoms with Gasteiger partial charge in [-0.3, -0.25) is 10.2 Å². The number of amides is 1. The summed E-state index contributed by atoms with van der Waals surface area (Å²) in [7, 11) is 0. The molecule has 1 aromatic carbocycles. The van der Waals surface area contributed by atoms with Gasteiger partial charge in [0.05, 0.1) is 5.57 Å². The summed E-state index contributed by atoms with van der Waals surface area (Å²) in [5, 5.41) is 16.5. The van der Waals surface area contributed by atoms with Crippen LogP contribution in [0.1, 0.15) is 61.5 Å². The molecule has 6 nitrogen and oxygen atoms in total. The lowest BCUT2D eigenvalue weighted by Gasteiger charge is -2.20. The molecule has 0 bridgehead atoms. The number of amidine groups is 2. The summed E-state index contributed by atoms with van der Waals surface area (Å²) in [6.07, 6.45) is 8.71. The monoisotopic (exact) mass is 459 g/mol. The molecule has 3 heterocycles. The smallest absolute Gasteiger partial charge is 0.283 e. The van der Waals surface area contributed by atoms with Gasteiger partial charge in [-0.1, -0.05) is 44.4 Å². The Balaban J connectivity index is 1.49. The SMILES string of the molecule is CCc1ccccc1-n1c(C)cc(C=C2C(=N)N3N=C(C4CCCCC4)SC3=NC2=O)c1C. The van der Waals surface area contributed by atoms with Gasteiger partial charge in [-0.15, -0.1) is 0 Å². The number of benzene rings is 1. The van der Waals surface area contributed by atoms with E-state index in [-0.39, 0.29) is 17.3 Å². The van der Waals surface area contributed by atoms with Crippen LogP contribution in [0.25, 0.3) is 11.8 Å².